The summed E-state index contributed by atoms with van der Waals surface area (Å²) in [6.07, 6.45) is -0.0670. The Labute approximate surface area is 131 Å². The average Bonchev–Trinajstić information content (AvgIpc) is 2.89. The van der Waals surface area contributed by atoms with E-state index in [9.17, 15) is 18.0 Å². The number of carbonyl (C=O) groups excluding carboxylic acids is 1. The normalized spacial score (nSPS) is 33.7. The first kappa shape index (κ1) is 14.9. The molecule has 2 unspecified atom stereocenters. The van der Waals surface area contributed by atoms with Gasteiger partial charge in [0.1, 0.15) is 0 Å². The smallest absolute Gasteiger partial charge is 0.316 e. The van der Waals surface area contributed by atoms with E-state index in [1.807, 2.05) is 0 Å². The van der Waals surface area contributed by atoms with Crippen LogP contribution < -0.4 is 10.2 Å². The van der Waals surface area contributed by atoms with Crippen LogP contribution >= 0.6 is 0 Å². The van der Waals surface area contributed by atoms with Crippen LogP contribution in [0.3, 0.4) is 0 Å². The molecule has 2 aliphatic heterocycles. The van der Waals surface area contributed by atoms with Crippen LogP contribution in [-0.2, 0) is 11.0 Å². The van der Waals surface area contributed by atoms with Crippen molar-refractivity contribution in [2.75, 3.05) is 24.5 Å². The first-order chi connectivity index (χ1) is 10.9. The van der Waals surface area contributed by atoms with Crippen LogP contribution in [0, 0.1) is 17.3 Å². The number of piperidine rings is 1. The monoisotopic (exact) mass is 326 g/mol. The van der Waals surface area contributed by atoms with E-state index in [1.165, 1.54) is 11.1 Å². The lowest BCUT2D eigenvalue weighted by Crippen LogP contribution is -2.48. The third-order valence-corrected chi connectivity index (χ3v) is 5.69. The summed E-state index contributed by atoms with van der Waals surface area (Å²) < 4.78 is 38.5. The Bertz CT molecular complexity index is 632. The summed E-state index contributed by atoms with van der Waals surface area (Å²) >= 11 is 0. The average molecular weight is 326 g/mol. The van der Waals surface area contributed by atoms with E-state index < -0.39 is 11.9 Å². The molecule has 2 bridgehead atoms. The molecule has 2 saturated heterocycles. The molecule has 1 amide bonds. The Balaban J connectivity index is 1.65. The second kappa shape index (κ2) is 4.90. The van der Waals surface area contributed by atoms with Gasteiger partial charge >= 0.3 is 6.18 Å². The Morgan fingerprint density at radius 3 is 2.57 bits per heavy atom. The van der Waals surface area contributed by atoms with E-state index in [0.717, 1.165) is 25.9 Å². The second-order valence-electron chi connectivity index (χ2n) is 6.78. The summed E-state index contributed by atoms with van der Waals surface area (Å²) in [6, 6.07) is 0. The molecule has 8 heteroatoms. The van der Waals surface area contributed by atoms with Gasteiger partial charge in [0, 0.05) is 18.4 Å². The molecule has 1 aromatic rings. The number of hydrogen-bond donors (Lipinski definition) is 1. The first-order valence-corrected chi connectivity index (χ1v) is 7.80. The molecule has 1 saturated carbocycles. The van der Waals surface area contributed by atoms with E-state index in [1.54, 1.807) is 0 Å². The molecule has 1 aliphatic carbocycles. The highest BCUT2D eigenvalue weighted by Gasteiger charge is 2.58. The largest absolute Gasteiger partial charge is 0.434 e. The van der Waals surface area contributed by atoms with Gasteiger partial charge in [0.25, 0.3) is 0 Å². The first-order valence-electron chi connectivity index (χ1n) is 7.80. The van der Waals surface area contributed by atoms with Crippen LogP contribution in [0.1, 0.15) is 25.0 Å². The molecule has 1 aromatic heterocycles. The SMILES string of the molecule is O=C1CC2(CN1c1cncc(C(F)(F)F)n1)C1CCC2CNC1. The van der Waals surface area contributed by atoms with Crippen LogP contribution in [0.25, 0.3) is 0 Å². The van der Waals surface area contributed by atoms with Gasteiger partial charge < -0.3 is 5.32 Å². The summed E-state index contributed by atoms with van der Waals surface area (Å²) in [7, 11) is 0. The van der Waals surface area contributed by atoms with Gasteiger partial charge in [-0.05, 0) is 37.8 Å². The molecule has 1 N–H and O–H groups in total. The summed E-state index contributed by atoms with van der Waals surface area (Å²) in [5.41, 5.74) is -1.17. The molecule has 1 spiro atoms. The van der Waals surface area contributed by atoms with Crippen molar-refractivity contribution in [3.63, 3.8) is 0 Å². The van der Waals surface area contributed by atoms with Crippen molar-refractivity contribution in [1.29, 1.82) is 0 Å². The number of anilines is 1. The number of amides is 1. The van der Waals surface area contributed by atoms with Crippen LogP contribution in [0.4, 0.5) is 19.0 Å². The molecule has 5 nitrogen and oxygen atoms in total. The summed E-state index contributed by atoms with van der Waals surface area (Å²) in [6.45, 7) is 2.22. The quantitative estimate of drug-likeness (QED) is 0.856. The predicted molar refractivity (Wildman–Crippen MR) is 75.5 cm³/mol. The number of hydrogen-bond acceptors (Lipinski definition) is 4. The highest BCUT2D eigenvalue weighted by atomic mass is 19.4. The predicted octanol–water partition coefficient (Wildman–Crippen LogP) is 1.85. The van der Waals surface area contributed by atoms with Crippen molar-refractivity contribution in [1.82, 2.24) is 15.3 Å². The Morgan fingerprint density at radius 2 is 1.91 bits per heavy atom. The minimum atomic E-state index is -4.56. The highest BCUT2D eigenvalue weighted by Crippen LogP contribution is 2.55. The van der Waals surface area contributed by atoms with Crippen molar-refractivity contribution in [3.8, 4) is 0 Å². The Morgan fingerprint density at radius 1 is 1.22 bits per heavy atom. The third kappa shape index (κ3) is 2.22. The fourth-order valence-corrected chi connectivity index (χ4v) is 4.55. The number of alkyl halides is 3. The maximum absolute atomic E-state index is 12.8. The molecule has 4 rings (SSSR count). The molecular formula is C15H17F3N4O. The van der Waals surface area contributed by atoms with E-state index >= 15 is 0 Å². The van der Waals surface area contributed by atoms with Crippen molar-refractivity contribution in [3.05, 3.63) is 18.1 Å². The van der Waals surface area contributed by atoms with E-state index in [2.05, 4.69) is 15.3 Å². The number of rotatable bonds is 1. The molecule has 0 aromatic carbocycles. The van der Waals surface area contributed by atoms with Gasteiger partial charge in [-0.15, -0.1) is 0 Å². The molecule has 3 heterocycles. The van der Waals surface area contributed by atoms with Crippen molar-refractivity contribution < 1.29 is 18.0 Å². The number of nitrogens with zero attached hydrogens (tertiary/aromatic N) is 3. The number of nitrogens with one attached hydrogen (secondary N) is 1. The topological polar surface area (TPSA) is 58.1 Å². The number of carbonyl (C=O) groups is 1. The zero-order valence-electron chi connectivity index (χ0n) is 12.4. The zero-order valence-corrected chi connectivity index (χ0v) is 12.4. The lowest BCUT2D eigenvalue weighted by Gasteiger charge is -2.40. The Hall–Kier alpha value is -1.70. The fraction of sp³-hybridized carbons (Fsp3) is 0.667. The van der Waals surface area contributed by atoms with Gasteiger partial charge in [-0.3, -0.25) is 14.7 Å². The van der Waals surface area contributed by atoms with Crippen LogP contribution in [0.2, 0.25) is 0 Å². The molecular weight excluding hydrogens is 309 g/mol. The molecule has 0 radical (unpaired) electrons. The van der Waals surface area contributed by atoms with E-state index in [-0.39, 0.29) is 17.1 Å². The van der Waals surface area contributed by atoms with E-state index in [0.29, 0.717) is 31.0 Å². The molecule has 2 atom stereocenters. The van der Waals surface area contributed by atoms with Gasteiger partial charge in [0.2, 0.25) is 5.91 Å². The number of halogens is 3. The Kier molecular flexibility index (Phi) is 3.16. The van der Waals surface area contributed by atoms with Crippen LogP contribution in [-0.4, -0.2) is 35.5 Å². The maximum atomic E-state index is 12.8. The van der Waals surface area contributed by atoms with Gasteiger partial charge in [0.15, 0.2) is 11.5 Å². The second-order valence-corrected chi connectivity index (χ2v) is 6.78. The molecule has 3 aliphatic rings. The van der Waals surface area contributed by atoms with Crippen LogP contribution in [0.15, 0.2) is 12.4 Å². The maximum Gasteiger partial charge on any atom is 0.434 e. The molecule has 23 heavy (non-hydrogen) atoms. The summed E-state index contributed by atoms with van der Waals surface area (Å²) in [4.78, 5) is 21.1. The van der Waals surface area contributed by atoms with Crippen LogP contribution in [0.5, 0.6) is 0 Å². The van der Waals surface area contributed by atoms with Gasteiger partial charge in [-0.1, -0.05) is 0 Å². The molecule has 124 valence electrons. The highest BCUT2D eigenvalue weighted by molar-refractivity contribution is 5.95. The fourth-order valence-electron chi connectivity index (χ4n) is 4.55. The standard InChI is InChI=1S/C15H17F3N4O/c16-15(17,18)11-6-20-7-12(21-11)22-8-14(3-13(22)23)9-1-2-10(14)5-19-4-9/h6-7,9-10,19H,1-5,8H2. The van der Waals surface area contributed by atoms with Gasteiger partial charge in [-0.2, -0.15) is 13.2 Å². The lowest BCUT2D eigenvalue weighted by atomic mass is 9.69. The van der Waals surface area contributed by atoms with Crippen molar-refractivity contribution >= 4 is 11.7 Å². The van der Waals surface area contributed by atoms with E-state index in [4.69, 9.17) is 0 Å². The minimum absolute atomic E-state index is 0.0135. The summed E-state index contributed by atoms with van der Waals surface area (Å²) in [5.74, 6) is 0.694. The van der Waals surface area contributed by atoms with Crippen molar-refractivity contribution in [2.45, 2.75) is 25.4 Å². The lowest BCUT2D eigenvalue weighted by molar-refractivity contribution is -0.141. The van der Waals surface area contributed by atoms with Gasteiger partial charge in [0.05, 0.1) is 12.4 Å². The third-order valence-electron chi connectivity index (χ3n) is 5.69. The molecule has 3 fully saturated rings. The van der Waals surface area contributed by atoms with Crippen molar-refractivity contribution in [2.24, 2.45) is 17.3 Å². The summed E-state index contributed by atoms with van der Waals surface area (Å²) in [5, 5.41) is 3.39. The van der Waals surface area contributed by atoms with Gasteiger partial charge in [-0.25, -0.2) is 4.98 Å². The zero-order chi connectivity index (χ0) is 16.2. The minimum Gasteiger partial charge on any atom is -0.316 e. The number of aromatic nitrogens is 2.